The third-order valence-corrected chi connectivity index (χ3v) is 2.03. The van der Waals surface area contributed by atoms with Crippen molar-refractivity contribution in [1.29, 1.82) is 0 Å². The van der Waals surface area contributed by atoms with Gasteiger partial charge >= 0.3 is 0 Å². The van der Waals surface area contributed by atoms with Crippen molar-refractivity contribution in [3.05, 3.63) is 35.6 Å². The summed E-state index contributed by atoms with van der Waals surface area (Å²) in [6, 6.07) is 7.75. The predicted molar refractivity (Wildman–Crippen MR) is 52.8 cm³/mol. The van der Waals surface area contributed by atoms with E-state index in [4.69, 9.17) is 4.42 Å². The summed E-state index contributed by atoms with van der Waals surface area (Å²) in [6.07, 6.45) is 1.51. The third-order valence-electron chi connectivity index (χ3n) is 2.03. The molecular formula is C11H9NO2. The second kappa shape index (κ2) is 3.48. The fourth-order valence-electron chi connectivity index (χ4n) is 1.43. The Hall–Kier alpha value is -1.86. The molecule has 0 N–H and O–H groups in total. The minimum atomic E-state index is 0.360. The minimum Gasteiger partial charge on any atom is -0.461 e. The topological polar surface area (TPSA) is 42.6 Å². The monoisotopic (exact) mass is 187 g/mol. The molecule has 0 amide bonds. The molecule has 0 saturated heterocycles. The Kier molecular flexibility index (Phi) is 2.17. The van der Waals surface area contributed by atoms with Gasteiger partial charge in [0.2, 0.25) is 6.08 Å². The molecule has 0 bridgehead atoms. The first-order valence-electron chi connectivity index (χ1n) is 4.32. The van der Waals surface area contributed by atoms with Crippen LogP contribution in [0.5, 0.6) is 0 Å². The molecule has 0 atom stereocenters. The number of nitrogens with zero attached hydrogens (tertiary/aromatic N) is 1. The van der Waals surface area contributed by atoms with Crippen molar-refractivity contribution < 1.29 is 9.21 Å². The van der Waals surface area contributed by atoms with Crippen molar-refractivity contribution in [2.75, 3.05) is 0 Å². The first-order chi connectivity index (χ1) is 6.79. The van der Waals surface area contributed by atoms with E-state index in [2.05, 4.69) is 4.99 Å². The van der Waals surface area contributed by atoms with Gasteiger partial charge in [-0.15, -0.1) is 0 Å². The summed E-state index contributed by atoms with van der Waals surface area (Å²) in [4.78, 5) is 13.4. The Morgan fingerprint density at radius 3 is 3.07 bits per heavy atom. The molecule has 0 aliphatic rings. The van der Waals surface area contributed by atoms with E-state index in [1.165, 1.54) is 6.08 Å². The molecule has 3 nitrogen and oxygen atoms in total. The van der Waals surface area contributed by atoms with Gasteiger partial charge in [0.25, 0.3) is 0 Å². The number of rotatable bonds is 2. The molecular weight excluding hydrogens is 178 g/mol. The molecule has 0 unspecified atom stereocenters. The van der Waals surface area contributed by atoms with Gasteiger partial charge in [0.15, 0.2) is 0 Å². The SMILES string of the molecule is Cc1cc2ccc(CN=C=O)cc2o1. The zero-order chi connectivity index (χ0) is 9.97. The van der Waals surface area contributed by atoms with Gasteiger partial charge in [-0.1, -0.05) is 12.1 Å². The number of aryl methyl sites for hydroxylation is 1. The summed E-state index contributed by atoms with van der Waals surface area (Å²) in [7, 11) is 0. The highest BCUT2D eigenvalue weighted by molar-refractivity contribution is 5.78. The van der Waals surface area contributed by atoms with E-state index in [1.54, 1.807) is 0 Å². The fourth-order valence-corrected chi connectivity index (χ4v) is 1.43. The number of fused-ring (bicyclic) bond motifs is 1. The van der Waals surface area contributed by atoms with Crippen LogP contribution in [0, 0.1) is 6.92 Å². The Morgan fingerprint density at radius 2 is 2.29 bits per heavy atom. The Bertz CT molecular complexity index is 507. The highest BCUT2D eigenvalue weighted by atomic mass is 16.3. The van der Waals surface area contributed by atoms with Crippen LogP contribution in [0.1, 0.15) is 11.3 Å². The van der Waals surface area contributed by atoms with E-state index in [0.29, 0.717) is 6.54 Å². The van der Waals surface area contributed by atoms with Crippen molar-refractivity contribution in [1.82, 2.24) is 0 Å². The summed E-state index contributed by atoms with van der Waals surface area (Å²) in [6.45, 7) is 2.27. The Labute approximate surface area is 81.1 Å². The molecule has 0 fully saturated rings. The van der Waals surface area contributed by atoms with Gasteiger partial charge in [0.1, 0.15) is 11.3 Å². The zero-order valence-corrected chi connectivity index (χ0v) is 7.78. The van der Waals surface area contributed by atoms with Crippen molar-refractivity contribution in [3.8, 4) is 0 Å². The van der Waals surface area contributed by atoms with Crippen LogP contribution in [0.3, 0.4) is 0 Å². The first-order valence-corrected chi connectivity index (χ1v) is 4.32. The lowest BCUT2D eigenvalue weighted by Crippen LogP contribution is -1.79. The van der Waals surface area contributed by atoms with Crippen LogP contribution >= 0.6 is 0 Å². The maximum Gasteiger partial charge on any atom is 0.235 e. The number of benzene rings is 1. The molecule has 70 valence electrons. The molecule has 0 radical (unpaired) electrons. The second-order valence-corrected chi connectivity index (χ2v) is 3.14. The van der Waals surface area contributed by atoms with E-state index >= 15 is 0 Å². The summed E-state index contributed by atoms with van der Waals surface area (Å²) in [5.74, 6) is 0.885. The van der Waals surface area contributed by atoms with Gasteiger partial charge in [-0.05, 0) is 24.6 Å². The predicted octanol–water partition coefficient (Wildman–Crippen LogP) is 2.58. The van der Waals surface area contributed by atoms with Crippen molar-refractivity contribution in [2.24, 2.45) is 4.99 Å². The Morgan fingerprint density at radius 1 is 1.43 bits per heavy atom. The lowest BCUT2D eigenvalue weighted by Gasteiger charge is -1.93. The van der Waals surface area contributed by atoms with Gasteiger partial charge in [-0.25, -0.2) is 9.79 Å². The molecule has 1 aromatic carbocycles. The molecule has 0 aliphatic carbocycles. The van der Waals surface area contributed by atoms with Crippen LogP contribution in [-0.4, -0.2) is 6.08 Å². The van der Waals surface area contributed by atoms with Crippen LogP contribution in [-0.2, 0) is 11.3 Å². The molecule has 0 spiro atoms. The number of aliphatic imine (C=N–C) groups is 1. The molecule has 1 aromatic heterocycles. The maximum absolute atomic E-state index is 9.93. The summed E-state index contributed by atoms with van der Waals surface area (Å²) >= 11 is 0. The van der Waals surface area contributed by atoms with Gasteiger partial charge < -0.3 is 4.42 Å². The van der Waals surface area contributed by atoms with Crippen LogP contribution in [0.2, 0.25) is 0 Å². The number of carbonyl (C=O) groups excluding carboxylic acids is 1. The molecule has 14 heavy (non-hydrogen) atoms. The number of hydrogen-bond donors (Lipinski definition) is 0. The average molecular weight is 187 g/mol. The highest BCUT2D eigenvalue weighted by Crippen LogP contribution is 2.20. The summed E-state index contributed by atoms with van der Waals surface area (Å²) in [5.41, 5.74) is 1.79. The standard InChI is InChI=1S/C11H9NO2/c1-8-4-10-3-2-9(6-12-7-13)5-11(10)14-8/h2-5H,6H2,1H3. The van der Waals surface area contributed by atoms with Crippen molar-refractivity contribution in [3.63, 3.8) is 0 Å². The van der Waals surface area contributed by atoms with Gasteiger partial charge in [-0.2, -0.15) is 0 Å². The van der Waals surface area contributed by atoms with Crippen LogP contribution in [0.4, 0.5) is 0 Å². The lowest BCUT2D eigenvalue weighted by molar-refractivity contribution is 0.562. The van der Waals surface area contributed by atoms with E-state index in [1.807, 2.05) is 31.2 Å². The summed E-state index contributed by atoms with van der Waals surface area (Å²) in [5, 5.41) is 1.07. The van der Waals surface area contributed by atoms with Gasteiger partial charge in [0, 0.05) is 5.39 Å². The van der Waals surface area contributed by atoms with Crippen LogP contribution in [0.25, 0.3) is 11.0 Å². The largest absolute Gasteiger partial charge is 0.461 e. The molecule has 3 heteroatoms. The average Bonchev–Trinajstić information content (AvgIpc) is 2.54. The minimum absolute atomic E-state index is 0.360. The number of furan rings is 1. The normalized spacial score (nSPS) is 10.1. The van der Waals surface area contributed by atoms with E-state index in [9.17, 15) is 4.79 Å². The molecule has 0 saturated carbocycles. The quantitative estimate of drug-likeness (QED) is 0.535. The zero-order valence-electron chi connectivity index (χ0n) is 7.78. The van der Waals surface area contributed by atoms with Crippen molar-refractivity contribution in [2.45, 2.75) is 13.5 Å². The molecule has 2 rings (SSSR count). The summed E-state index contributed by atoms with van der Waals surface area (Å²) < 4.78 is 5.45. The number of isocyanates is 1. The van der Waals surface area contributed by atoms with Gasteiger partial charge in [-0.3, -0.25) is 0 Å². The second-order valence-electron chi connectivity index (χ2n) is 3.14. The van der Waals surface area contributed by atoms with E-state index in [0.717, 1.165) is 22.3 Å². The first kappa shape index (κ1) is 8.73. The smallest absolute Gasteiger partial charge is 0.235 e. The van der Waals surface area contributed by atoms with E-state index in [-0.39, 0.29) is 0 Å². The lowest BCUT2D eigenvalue weighted by atomic mass is 10.2. The van der Waals surface area contributed by atoms with Crippen molar-refractivity contribution >= 4 is 17.0 Å². The maximum atomic E-state index is 9.93. The molecule has 0 aliphatic heterocycles. The molecule has 2 aromatic rings. The third kappa shape index (κ3) is 1.58. The van der Waals surface area contributed by atoms with Crippen LogP contribution in [0.15, 0.2) is 33.7 Å². The Balaban J connectivity index is 2.44. The van der Waals surface area contributed by atoms with Gasteiger partial charge in [0.05, 0.1) is 6.54 Å². The highest BCUT2D eigenvalue weighted by Gasteiger charge is 2.00. The fraction of sp³-hybridized carbons (Fsp3) is 0.182. The number of hydrogen-bond acceptors (Lipinski definition) is 3. The molecule has 1 heterocycles. The van der Waals surface area contributed by atoms with E-state index < -0.39 is 0 Å². The van der Waals surface area contributed by atoms with Crippen LogP contribution < -0.4 is 0 Å².